The van der Waals surface area contributed by atoms with Crippen LogP contribution in [0.1, 0.15) is 58.7 Å². The van der Waals surface area contributed by atoms with Crippen LogP contribution in [0.4, 0.5) is 5.69 Å². The van der Waals surface area contributed by atoms with E-state index in [2.05, 4.69) is 15.5 Å². The molecule has 5 nitrogen and oxygen atoms in total. The molecule has 0 fully saturated rings. The Kier molecular flexibility index (Phi) is 5.78. The number of anilines is 1. The second-order valence-corrected chi connectivity index (χ2v) is 6.08. The fraction of sp³-hybridized carbons (Fsp3) is 0.389. The van der Waals surface area contributed by atoms with Crippen molar-refractivity contribution >= 4 is 24.0 Å². The first kappa shape index (κ1) is 18.2. The first-order valence-electron chi connectivity index (χ1n) is 8.11. The van der Waals surface area contributed by atoms with E-state index in [4.69, 9.17) is 5.73 Å². The molecule has 1 unspecified atom stereocenters. The molecule has 3 N–H and O–H groups in total. The van der Waals surface area contributed by atoms with Gasteiger partial charge in [0.1, 0.15) is 0 Å². The second-order valence-electron chi connectivity index (χ2n) is 6.08. The molecule has 1 heterocycles. The number of nitrogens with zero attached hydrogens (tertiary/aromatic N) is 2. The summed E-state index contributed by atoms with van der Waals surface area (Å²) in [4.78, 5) is 12.7. The predicted octanol–water partition coefficient (Wildman–Crippen LogP) is 3.16. The lowest BCUT2D eigenvalue weighted by molar-refractivity contribution is 0.0931. The number of nitrogen functional groups attached to an aromatic ring is 1. The van der Waals surface area contributed by atoms with E-state index in [0.717, 1.165) is 36.3 Å². The molecule has 0 bridgehead atoms. The first-order chi connectivity index (χ1) is 11.1. The SMILES string of the molecule is CCc1nnc(C)cc1C(=O)NC1CCCc2cc(N)ccc21.Cl. The number of amides is 1. The molecule has 1 aromatic carbocycles. The summed E-state index contributed by atoms with van der Waals surface area (Å²) in [5, 5.41) is 11.3. The Morgan fingerprint density at radius 2 is 2.12 bits per heavy atom. The van der Waals surface area contributed by atoms with Gasteiger partial charge in [-0.15, -0.1) is 12.4 Å². The Morgan fingerprint density at radius 3 is 2.88 bits per heavy atom. The van der Waals surface area contributed by atoms with E-state index >= 15 is 0 Å². The topological polar surface area (TPSA) is 80.9 Å². The zero-order chi connectivity index (χ0) is 16.4. The van der Waals surface area contributed by atoms with Gasteiger partial charge in [0.2, 0.25) is 0 Å². The summed E-state index contributed by atoms with van der Waals surface area (Å²) >= 11 is 0. The van der Waals surface area contributed by atoms with E-state index in [1.165, 1.54) is 11.1 Å². The van der Waals surface area contributed by atoms with Gasteiger partial charge in [0.25, 0.3) is 5.91 Å². The van der Waals surface area contributed by atoms with Gasteiger partial charge >= 0.3 is 0 Å². The average molecular weight is 347 g/mol. The molecule has 1 aliphatic carbocycles. The smallest absolute Gasteiger partial charge is 0.253 e. The predicted molar refractivity (Wildman–Crippen MR) is 97.4 cm³/mol. The number of rotatable bonds is 3. The van der Waals surface area contributed by atoms with Gasteiger partial charge in [-0.05, 0) is 61.9 Å². The van der Waals surface area contributed by atoms with Gasteiger partial charge in [-0.1, -0.05) is 13.0 Å². The molecule has 128 valence electrons. The maximum Gasteiger partial charge on any atom is 0.253 e. The Hall–Kier alpha value is -2.14. The van der Waals surface area contributed by atoms with E-state index in [1.54, 1.807) is 0 Å². The normalized spacial score (nSPS) is 16.0. The van der Waals surface area contributed by atoms with Crippen molar-refractivity contribution in [2.75, 3.05) is 5.73 Å². The van der Waals surface area contributed by atoms with Crippen LogP contribution >= 0.6 is 12.4 Å². The number of benzene rings is 1. The standard InChI is InChI=1S/C18H22N4O.ClH/c1-3-16-15(9-11(2)21-22-16)18(23)20-17-6-4-5-12-10-13(19)7-8-14(12)17;/h7-10,17H,3-6,19H2,1-2H3,(H,20,23);1H. The van der Waals surface area contributed by atoms with Crippen molar-refractivity contribution in [3.05, 3.63) is 52.3 Å². The molecule has 0 radical (unpaired) electrons. The quantitative estimate of drug-likeness (QED) is 0.836. The van der Waals surface area contributed by atoms with Gasteiger partial charge in [-0.25, -0.2) is 0 Å². The Bertz CT molecular complexity index is 748. The summed E-state index contributed by atoms with van der Waals surface area (Å²) in [6.07, 6.45) is 3.70. The summed E-state index contributed by atoms with van der Waals surface area (Å²) in [7, 11) is 0. The summed E-state index contributed by atoms with van der Waals surface area (Å²) in [5.74, 6) is -0.0745. The molecule has 6 heteroatoms. The molecule has 0 saturated heterocycles. The number of carbonyl (C=O) groups excluding carboxylic acids is 1. The van der Waals surface area contributed by atoms with E-state index in [1.807, 2.05) is 38.1 Å². The lowest BCUT2D eigenvalue weighted by Crippen LogP contribution is -2.32. The second kappa shape index (κ2) is 7.62. The van der Waals surface area contributed by atoms with Crippen molar-refractivity contribution in [3.63, 3.8) is 0 Å². The summed E-state index contributed by atoms with van der Waals surface area (Å²) in [5.41, 5.74) is 11.2. The van der Waals surface area contributed by atoms with Crippen LogP contribution in [0.25, 0.3) is 0 Å². The molecular formula is C18H23ClN4O. The molecule has 1 atom stereocenters. The monoisotopic (exact) mass is 346 g/mol. The molecule has 3 rings (SSSR count). The average Bonchev–Trinajstić information content (AvgIpc) is 2.54. The van der Waals surface area contributed by atoms with Crippen molar-refractivity contribution in [1.82, 2.24) is 15.5 Å². The highest BCUT2D eigenvalue weighted by atomic mass is 35.5. The zero-order valence-corrected chi connectivity index (χ0v) is 14.8. The van der Waals surface area contributed by atoms with E-state index in [9.17, 15) is 4.79 Å². The minimum Gasteiger partial charge on any atom is -0.399 e. The number of hydrogen-bond donors (Lipinski definition) is 2. The zero-order valence-electron chi connectivity index (χ0n) is 14.0. The fourth-order valence-corrected chi connectivity index (χ4v) is 3.19. The van der Waals surface area contributed by atoms with Crippen LogP contribution in [0.5, 0.6) is 0 Å². The third-order valence-electron chi connectivity index (χ3n) is 4.36. The van der Waals surface area contributed by atoms with Gasteiger partial charge in [-0.3, -0.25) is 4.79 Å². The van der Waals surface area contributed by atoms with Crippen LogP contribution in [-0.2, 0) is 12.8 Å². The third kappa shape index (κ3) is 3.67. The number of nitrogens with two attached hydrogens (primary N) is 1. The fourth-order valence-electron chi connectivity index (χ4n) is 3.19. The van der Waals surface area contributed by atoms with Crippen molar-refractivity contribution in [3.8, 4) is 0 Å². The van der Waals surface area contributed by atoms with Crippen molar-refractivity contribution < 1.29 is 4.79 Å². The molecule has 0 saturated carbocycles. The van der Waals surface area contributed by atoms with Gasteiger partial charge < -0.3 is 11.1 Å². The van der Waals surface area contributed by atoms with E-state index < -0.39 is 0 Å². The number of halogens is 1. The Labute approximate surface area is 148 Å². The van der Waals surface area contributed by atoms with Crippen LogP contribution in [0.15, 0.2) is 24.3 Å². The number of aryl methyl sites for hydroxylation is 3. The number of carbonyl (C=O) groups is 1. The van der Waals surface area contributed by atoms with E-state index in [-0.39, 0.29) is 24.4 Å². The minimum absolute atomic E-state index is 0. The molecular weight excluding hydrogens is 324 g/mol. The van der Waals surface area contributed by atoms with Crippen LogP contribution in [0.2, 0.25) is 0 Å². The van der Waals surface area contributed by atoms with Crippen molar-refractivity contribution in [1.29, 1.82) is 0 Å². The highest BCUT2D eigenvalue weighted by Crippen LogP contribution is 2.31. The Balaban J connectivity index is 0.00000208. The van der Waals surface area contributed by atoms with Crippen LogP contribution < -0.4 is 11.1 Å². The first-order valence-corrected chi connectivity index (χ1v) is 8.11. The lowest BCUT2D eigenvalue weighted by Gasteiger charge is -2.27. The number of nitrogens with one attached hydrogen (secondary N) is 1. The minimum atomic E-state index is -0.0745. The molecule has 24 heavy (non-hydrogen) atoms. The number of aromatic nitrogens is 2. The summed E-state index contributed by atoms with van der Waals surface area (Å²) < 4.78 is 0. The third-order valence-corrected chi connectivity index (χ3v) is 4.36. The lowest BCUT2D eigenvalue weighted by atomic mass is 9.87. The van der Waals surface area contributed by atoms with Crippen molar-refractivity contribution in [2.45, 2.75) is 45.6 Å². The maximum absolute atomic E-state index is 12.7. The Morgan fingerprint density at radius 1 is 1.33 bits per heavy atom. The highest BCUT2D eigenvalue weighted by Gasteiger charge is 2.23. The van der Waals surface area contributed by atoms with Crippen LogP contribution in [0.3, 0.4) is 0 Å². The van der Waals surface area contributed by atoms with Crippen LogP contribution in [-0.4, -0.2) is 16.1 Å². The van der Waals surface area contributed by atoms with Gasteiger partial charge in [0.05, 0.1) is 23.0 Å². The molecule has 0 aliphatic heterocycles. The molecule has 0 spiro atoms. The summed E-state index contributed by atoms with van der Waals surface area (Å²) in [6, 6.07) is 7.80. The molecule has 2 aromatic rings. The highest BCUT2D eigenvalue weighted by molar-refractivity contribution is 5.95. The molecule has 1 aromatic heterocycles. The van der Waals surface area contributed by atoms with Gasteiger partial charge in [-0.2, -0.15) is 10.2 Å². The molecule has 1 aliphatic rings. The van der Waals surface area contributed by atoms with Crippen LogP contribution in [0, 0.1) is 6.92 Å². The van der Waals surface area contributed by atoms with Crippen molar-refractivity contribution in [2.24, 2.45) is 0 Å². The van der Waals surface area contributed by atoms with Gasteiger partial charge in [0, 0.05) is 5.69 Å². The summed E-state index contributed by atoms with van der Waals surface area (Å²) in [6.45, 7) is 3.83. The molecule has 1 amide bonds. The van der Waals surface area contributed by atoms with Gasteiger partial charge in [0.15, 0.2) is 0 Å². The maximum atomic E-state index is 12.7. The number of hydrogen-bond acceptors (Lipinski definition) is 4. The number of fused-ring (bicyclic) bond motifs is 1. The van der Waals surface area contributed by atoms with E-state index in [0.29, 0.717) is 12.0 Å². The largest absolute Gasteiger partial charge is 0.399 e.